The van der Waals surface area contributed by atoms with Crippen LogP contribution >= 0.6 is 0 Å². The minimum absolute atomic E-state index is 0.0778. The van der Waals surface area contributed by atoms with E-state index in [-0.39, 0.29) is 31.1 Å². The molecule has 0 radical (unpaired) electrons. The Morgan fingerprint density at radius 1 is 0.259 bits per heavy atom. The topological polar surface area (TPSA) is 78.9 Å². The monoisotopic (exact) mass is 1130 g/mol. The molecule has 0 aromatic rings. The Labute approximate surface area is 503 Å². The highest BCUT2D eigenvalue weighted by molar-refractivity contribution is 5.71. The van der Waals surface area contributed by atoms with Crippen LogP contribution in [0, 0.1) is 0 Å². The van der Waals surface area contributed by atoms with Crippen molar-refractivity contribution >= 4 is 17.9 Å². The first-order valence-electron chi connectivity index (χ1n) is 35.1. The molecule has 1 unspecified atom stereocenters. The van der Waals surface area contributed by atoms with Gasteiger partial charge in [0.05, 0.1) is 0 Å². The molecule has 81 heavy (non-hydrogen) atoms. The molecule has 0 aliphatic rings. The van der Waals surface area contributed by atoms with Crippen LogP contribution in [-0.4, -0.2) is 37.2 Å². The molecule has 0 aromatic heterocycles. The van der Waals surface area contributed by atoms with Gasteiger partial charge in [-0.1, -0.05) is 305 Å². The minimum Gasteiger partial charge on any atom is -0.462 e. The second-order valence-corrected chi connectivity index (χ2v) is 23.4. The van der Waals surface area contributed by atoms with Crippen molar-refractivity contribution in [2.45, 2.75) is 361 Å². The van der Waals surface area contributed by atoms with E-state index in [9.17, 15) is 14.4 Å². The first-order chi connectivity index (χ1) is 40.0. The molecule has 6 heteroatoms. The molecular formula is C75H132O6. The maximum atomic E-state index is 13.0. The Hall–Kier alpha value is -3.41. The summed E-state index contributed by atoms with van der Waals surface area (Å²) in [6, 6.07) is 0. The summed E-state index contributed by atoms with van der Waals surface area (Å²) in [6.07, 6.45) is 91.8. The highest BCUT2D eigenvalue weighted by Crippen LogP contribution is 2.17. The second-order valence-electron chi connectivity index (χ2n) is 23.4. The van der Waals surface area contributed by atoms with Crippen LogP contribution in [0.3, 0.4) is 0 Å². The Bertz CT molecular complexity index is 1530. The van der Waals surface area contributed by atoms with Crippen LogP contribution in [0.1, 0.15) is 355 Å². The van der Waals surface area contributed by atoms with Crippen LogP contribution in [0.2, 0.25) is 0 Å². The third-order valence-corrected chi connectivity index (χ3v) is 15.4. The van der Waals surface area contributed by atoms with Gasteiger partial charge in [0.15, 0.2) is 6.10 Å². The van der Waals surface area contributed by atoms with E-state index in [0.29, 0.717) is 19.3 Å². The van der Waals surface area contributed by atoms with E-state index in [2.05, 4.69) is 106 Å². The highest BCUT2D eigenvalue weighted by Gasteiger charge is 2.19. The van der Waals surface area contributed by atoms with Crippen molar-refractivity contribution in [1.29, 1.82) is 0 Å². The number of hydrogen-bond donors (Lipinski definition) is 0. The van der Waals surface area contributed by atoms with E-state index in [1.54, 1.807) is 0 Å². The first-order valence-corrected chi connectivity index (χ1v) is 35.1. The summed E-state index contributed by atoms with van der Waals surface area (Å²) in [5, 5.41) is 0. The molecule has 0 saturated heterocycles. The van der Waals surface area contributed by atoms with Gasteiger partial charge in [0, 0.05) is 19.3 Å². The third kappa shape index (κ3) is 67.3. The zero-order valence-corrected chi connectivity index (χ0v) is 53.8. The lowest BCUT2D eigenvalue weighted by Gasteiger charge is -2.18. The van der Waals surface area contributed by atoms with E-state index in [1.165, 1.54) is 218 Å². The molecule has 0 spiro atoms. The third-order valence-electron chi connectivity index (χ3n) is 15.4. The van der Waals surface area contributed by atoms with Gasteiger partial charge in [0.25, 0.3) is 0 Å². The zero-order valence-electron chi connectivity index (χ0n) is 53.8. The molecule has 0 fully saturated rings. The van der Waals surface area contributed by atoms with E-state index in [4.69, 9.17) is 14.2 Å². The van der Waals surface area contributed by atoms with Crippen LogP contribution in [0.15, 0.2) is 85.1 Å². The predicted octanol–water partition coefficient (Wildman–Crippen LogP) is 24.2. The molecule has 6 nitrogen and oxygen atoms in total. The summed E-state index contributed by atoms with van der Waals surface area (Å²) in [5.74, 6) is -0.872. The molecule has 0 N–H and O–H groups in total. The predicted molar refractivity (Wildman–Crippen MR) is 353 cm³/mol. The quantitative estimate of drug-likeness (QED) is 0.0261. The first kappa shape index (κ1) is 77.6. The number of unbranched alkanes of at least 4 members (excludes halogenated alkanes) is 39. The van der Waals surface area contributed by atoms with E-state index < -0.39 is 6.10 Å². The SMILES string of the molecule is CC/C=C\C/C=C\C/C=C\C/C=C\CCCCCCCCCCCCCCC(=O)OCC(COC(=O)CCCCCCC/C=C\CCCCCC)OC(=O)CCCCCCCCCCCCCCC/C=C\C/C=C\CCCCCCC. The fraction of sp³-hybridized carbons (Fsp3) is 0.773. The maximum absolute atomic E-state index is 13.0. The van der Waals surface area contributed by atoms with Gasteiger partial charge >= 0.3 is 17.9 Å². The lowest BCUT2D eigenvalue weighted by molar-refractivity contribution is -0.167. The summed E-state index contributed by atoms with van der Waals surface area (Å²) < 4.78 is 17.0. The average molecular weight is 1130 g/mol. The van der Waals surface area contributed by atoms with Crippen molar-refractivity contribution in [2.24, 2.45) is 0 Å². The van der Waals surface area contributed by atoms with Gasteiger partial charge in [-0.2, -0.15) is 0 Å². The number of carbonyl (C=O) groups excluding carboxylic acids is 3. The fourth-order valence-electron chi connectivity index (χ4n) is 10.1. The smallest absolute Gasteiger partial charge is 0.306 e. The number of allylic oxidation sites excluding steroid dienone is 14. The van der Waals surface area contributed by atoms with E-state index in [0.717, 1.165) is 96.3 Å². The normalized spacial score (nSPS) is 12.6. The molecule has 0 bridgehead atoms. The number of hydrogen-bond acceptors (Lipinski definition) is 6. The van der Waals surface area contributed by atoms with Gasteiger partial charge < -0.3 is 14.2 Å². The van der Waals surface area contributed by atoms with Gasteiger partial charge in [0.1, 0.15) is 13.2 Å². The minimum atomic E-state index is -0.782. The fourth-order valence-corrected chi connectivity index (χ4v) is 10.1. The lowest BCUT2D eigenvalue weighted by Crippen LogP contribution is -2.30. The summed E-state index contributed by atoms with van der Waals surface area (Å²) in [7, 11) is 0. The average Bonchev–Trinajstić information content (AvgIpc) is 3.46. The number of rotatable bonds is 64. The zero-order chi connectivity index (χ0) is 58.5. The van der Waals surface area contributed by atoms with Crippen LogP contribution in [0.25, 0.3) is 0 Å². The highest BCUT2D eigenvalue weighted by atomic mass is 16.6. The summed E-state index contributed by atoms with van der Waals surface area (Å²) in [5.41, 5.74) is 0. The number of ether oxygens (including phenoxy) is 3. The van der Waals surface area contributed by atoms with Crippen molar-refractivity contribution in [3.8, 4) is 0 Å². The Morgan fingerprint density at radius 2 is 0.481 bits per heavy atom. The van der Waals surface area contributed by atoms with Crippen LogP contribution < -0.4 is 0 Å². The molecular weight excluding hydrogens is 997 g/mol. The van der Waals surface area contributed by atoms with Crippen molar-refractivity contribution in [2.75, 3.05) is 13.2 Å². The van der Waals surface area contributed by atoms with Crippen LogP contribution in [-0.2, 0) is 28.6 Å². The molecule has 0 saturated carbocycles. The molecule has 0 aromatic carbocycles. The summed E-state index contributed by atoms with van der Waals surface area (Å²) in [6.45, 7) is 6.54. The molecule has 1 atom stereocenters. The lowest BCUT2D eigenvalue weighted by atomic mass is 10.0. The summed E-state index contributed by atoms with van der Waals surface area (Å²) >= 11 is 0. The number of carbonyl (C=O) groups is 3. The molecule has 0 amide bonds. The maximum Gasteiger partial charge on any atom is 0.306 e. The van der Waals surface area contributed by atoms with Gasteiger partial charge in [-0.3, -0.25) is 14.4 Å². The molecule has 0 aliphatic carbocycles. The van der Waals surface area contributed by atoms with Gasteiger partial charge in [0.2, 0.25) is 0 Å². The van der Waals surface area contributed by atoms with Crippen molar-refractivity contribution in [3.05, 3.63) is 85.1 Å². The van der Waals surface area contributed by atoms with Crippen molar-refractivity contribution in [3.63, 3.8) is 0 Å². The van der Waals surface area contributed by atoms with Crippen LogP contribution in [0.4, 0.5) is 0 Å². The van der Waals surface area contributed by atoms with Crippen LogP contribution in [0.5, 0.6) is 0 Å². The van der Waals surface area contributed by atoms with Crippen molar-refractivity contribution in [1.82, 2.24) is 0 Å². The van der Waals surface area contributed by atoms with Gasteiger partial charge in [-0.15, -0.1) is 0 Å². The van der Waals surface area contributed by atoms with Gasteiger partial charge in [-0.05, 0) is 116 Å². The second kappa shape index (κ2) is 69.1. The largest absolute Gasteiger partial charge is 0.462 e. The standard InChI is InChI=1S/C75H132O6/c1-4-7-10-13-16-19-22-25-27-29-31-33-35-37-39-41-43-45-47-50-53-56-59-62-65-68-74(77)80-71-72(70-79-73(76)67-64-61-58-55-52-49-24-21-18-15-12-9-6-3)81-75(78)69-66-63-60-57-54-51-48-46-44-42-40-38-36-34-32-30-28-26-23-20-17-14-11-8-5-2/h7,10,16,19,21,23-27,30-33,72H,4-6,8-9,11-15,17-18,20,22,28-29,34-71H2,1-3H3/b10-7-,19-16-,24-21-,26-23-,27-25-,32-30-,33-31-. The van der Waals surface area contributed by atoms with E-state index in [1.807, 2.05) is 0 Å². The molecule has 468 valence electrons. The Kier molecular flexibility index (Phi) is 66.2. The number of esters is 3. The Morgan fingerprint density at radius 3 is 0.778 bits per heavy atom. The molecule has 0 aliphatic heterocycles. The summed E-state index contributed by atoms with van der Waals surface area (Å²) in [4.78, 5) is 38.4. The molecule has 0 rings (SSSR count). The molecule has 0 heterocycles. The Balaban J connectivity index is 4.28. The van der Waals surface area contributed by atoms with Gasteiger partial charge in [-0.25, -0.2) is 0 Å². The van der Waals surface area contributed by atoms with E-state index >= 15 is 0 Å². The van der Waals surface area contributed by atoms with Crippen molar-refractivity contribution < 1.29 is 28.6 Å².